The summed E-state index contributed by atoms with van der Waals surface area (Å²) in [6, 6.07) is 0. The van der Waals surface area contributed by atoms with Gasteiger partial charge in [-0.2, -0.15) is 0 Å². The van der Waals surface area contributed by atoms with Crippen molar-refractivity contribution >= 4 is 17.9 Å². The zero-order chi connectivity index (χ0) is 56.4. The minimum absolute atomic E-state index is 0.0739. The second-order valence-electron chi connectivity index (χ2n) is 23.8. The summed E-state index contributed by atoms with van der Waals surface area (Å²) in [6.07, 6.45) is 83.2. The van der Waals surface area contributed by atoms with Crippen LogP contribution in [0.5, 0.6) is 0 Å². The van der Waals surface area contributed by atoms with E-state index in [4.69, 9.17) is 14.2 Å². The summed E-state index contributed by atoms with van der Waals surface area (Å²) >= 11 is 0. The van der Waals surface area contributed by atoms with Gasteiger partial charge in [-0.05, 0) is 96.3 Å². The van der Waals surface area contributed by atoms with Crippen molar-refractivity contribution in [2.45, 2.75) is 393 Å². The summed E-state index contributed by atoms with van der Waals surface area (Å²) in [5.41, 5.74) is 0. The van der Waals surface area contributed by atoms with E-state index in [9.17, 15) is 14.4 Å². The first kappa shape index (κ1) is 75.6. The summed E-state index contributed by atoms with van der Waals surface area (Å²) < 4.78 is 17.0. The third kappa shape index (κ3) is 64.5. The predicted octanol–water partition coefficient (Wildman–Crippen LogP) is 23.9. The number of hydrogen-bond acceptors (Lipinski definition) is 6. The van der Waals surface area contributed by atoms with Crippen molar-refractivity contribution < 1.29 is 28.6 Å². The maximum absolute atomic E-state index is 12.9. The van der Waals surface area contributed by atoms with Gasteiger partial charge in [-0.25, -0.2) is 0 Å². The second-order valence-corrected chi connectivity index (χ2v) is 23.8. The molecule has 78 heavy (non-hydrogen) atoms. The number of carbonyl (C=O) groups excluding carboxylic acids is 3. The van der Waals surface area contributed by atoms with Gasteiger partial charge >= 0.3 is 17.9 Å². The lowest BCUT2D eigenvalue weighted by molar-refractivity contribution is -0.167. The second kappa shape index (κ2) is 67.1. The van der Waals surface area contributed by atoms with E-state index in [2.05, 4.69) is 57.2 Å². The number of rotatable bonds is 65. The van der Waals surface area contributed by atoms with Crippen molar-refractivity contribution in [3.05, 3.63) is 36.5 Å². The van der Waals surface area contributed by atoms with E-state index in [1.54, 1.807) is 0 Å². The molecule has 0 heterocycles. The molecule has 0 aromatic rings. The highest BCUT2D eigenvalue weighted by Gasteiger charge is 2.19. The first-order valence-corrected chi connectivity index (χ1v) is 35.0. The fourth-order valence-electron chi connectivity index (χ4n) is 10.5. The number of allylic oxidation sites excluding steroid dienone is 6. The van der Waals surface area contributed by atoms with Gasteiger partial charge in [0.2, 0.25) is 0 Å². The lowest BCUT2D eigenvalue weighted by atomic mass is 10.0. The van der Waals surface area contributed by atoms with Crippen molar-refractivity contribution in [2.24, 2.45) is 0 Å². The molecule has 6 nitrogen and oxygen atoms in total. The summed E-state index contributed by atoms with van der Waals surface area (Å²) in [6.45, 7) is 6.68. The molecule has 0 aromatic carbocycles. The van der Waals surface area contributed by atoms with Crippen molar-refractivity contribution in [1.82, 2.24) is 0 Å². The standard InChI is InChI=1S/C72H134O6/c1-4-7-10-13-16-19-22-25-28-30-31-32-33-34-35-36-37-38-39-40-41-42-45-47-50-53-56-59-62-65-71(74)77-68-69(67-76-70(73)64-61-58-55-52-49-46-43-27-24-21-18-15-12-9-6-3)78-72(75)66-63-60-57-54-51-48-44-29-26-23-20-17-14-11-8-5-2/h27,29-31,43-44,69H,4-26,28,32-42,45-68H2,1-3H3/b31-30-,43-27-,44-29-. The zero-order valence-corrected chi connectivity index (χ0v) is 52.7. The van der Waals surface area contributed by atoms with Crippen LogP contribution in [0.3, 0.4) is 0 Å². The van der Waals surface area contributed by atoms with Crippen LogP contribution in [0.4, 0.5) is 0 Å². The summed E-state index contributed by atoms with van der Waals surface area (Å²) in [7, 11) is 0. The quantitative estimate of drug-likeness (QED) is 0.0261. The molecule has 0 amide bonds. The van der Waals surface area contributed by atoms with E-state index in [0.717, 1.165) is 70.6 Å². The minimum atomic E-state index is -0.779. The molecule has 0 aliphatic carbocycles. The average Bonchev–Trinajstić information content (AvgIpc) is 3.44. The van der Waals surface area contributed by atoms with Gasteiger partial charge in [0.25, 0.3) is 0 Å². The maximum Gasteiger partial charge on any atom is 0.306 e. The SMILES string of the molecule is CCCCCCCC/C=C\CCCCCCCC(=O)OCC(COC(=O)CCCCCCCCCCCCCCCCCCC/C=C\CCCCCCCCCC)OC(=O)CCCCCCC/C=C\CCCCCCCCC. The van der Waals surface area contributed by atoms with E-state index >= 15 is 0 Å². The van der Waals surface area contributed by atoms with Crippen LogP contribution in [0.15, 0.2) is 36.5 Å². The third-order valence-corrected chi connectivity index (χ3v) is 15.8. The minimum Gasteiger partial charge on any atom is -0.462 e. The van der Waals surface area contributed by atoms with Crippen molar-refractivity contribution in [2.75, 3.05) is 13.2 Å². The number of ether oxygens (including phenoxy) is 3. The third-order valence-electron chi connectivity index (χ3n) is 15.8. The Balaban J connectivity index is 4.20. The molecule has 1 atom stereocenters. The monoisotopic (exact) mass is 1100 g/mol. The van der Waals surface area contributed by atoms with Gasteiger partial charge in [-0.1, -0.05) is 308 Å². The molecule has 1 unspecified atom stereocenters. The molecular weight excluding hydrogens is 961 g/mol. The molecular formula is C72H134O6. The maximum atomic E-state index is 12.9. The molecule has 0 N–H and O–H groups in total. The average molecular weight is 1100 g/mol. The van der Waals surface area contributed by atoms with Crippen LogP contribution in [0.2, 0.25) is 0 Å². The fraction of sp³-hybridized carbons (Fsp3) is 0.875. The lowest BCUT2D eigenvalue weighted by Gasteiger charge is -2.18. The first-order valence-electron chi connectivity index (χ1n) is 35.0. The lowest BCUT2D eigenvalue weighted by Crippen LogP contribution is -2.30. The number of hydrogen-bond donors (Lipinski definition) is 0. The Morgan fingerprint density at radius 3 is 0.641 bits per heavy atom. The largest absolute Gasteiger partial charge is 0.462 e. The van der Waals surface area contributed by atoms with E-state index < -0.39 is 6.10 Å². The topological polar surface area (TPSA) is 78.9 Å². The van der Waals surface area contributed by atoms with Gasteiger partial charge in [-0.3, -0.25) is 14.4 Å². The number of carbonyl (C=O) groups is 3. The van der Waals surface area contributed by atoms with Gasteiger partial charge < -0.3 is 14.2 Å². The van der Waals surface area contributed by atoms with Gasteiger partial charge in [0.05, 0.1) is 0 Å². The molecule has 0 aliphatic rings. The summed E-state index contributed by atoms with van der Waals surface area (Å²) in [5.74, 6) is -0.865. The molecule has 0 spiro atoms. The Morgan fingerprint density at radius 2 is 0.423 bits per heavy atom. The molecule has 458 valence electrons. The van der Waals surface area contributed by atoms with Crippen molar-refractivity contribution in [3.8, 4) is 0 Å². The molecule has 0 saturated carbocycles. The Labute approximate surface area is 486 Å². The van der Waals surface area contributed by atoms with Crippen LogP contribution in [-0.2, 0) is 28.6 Å². The van der Waals surface area contributed by atoms with E-state index in [1.807, 2.05) is 0 Å². The van der Waals surface area contributed by atoms with E-state index in [-0.39, 0.29) is 31.1 Å². The van der Waals surface area contributed by atoms with E-state index in [1.165, 1.54) is 276 Å². The highest BCUT2D eigenvalue weighted by molar-refractivity contribution is 5.71. The number of esters is 3. The van der Waals surface area contributed by atoms with E-state index in [0.29, 0.717) is 19.3 Å². The van der Waals surface area contributed by atoms with Crippen molar-refractivity contribution in [1.29, 1.82) is 0 Å². The van der Waals surface area contributed by atoms with Gasteiger partial charge in [0.15, 0.2) is 6.10 Å². The Morgan fingerprint density at radius 1 is 0.244 bits per heavy atom. The van der Waals surface area contributed by atoms with Crippen LogP contribution >= 0.6 is 0 Å². The van der Waals surface area contributed by atoms with Crippen LogP contribution in [0.1, 0.15) is 387 Å². The fourth-order valence-corrected chi connectivity index (χ4v) is 10.5. The first-order chi connectivity index (χ1) is 38.5. The molecule has 0 bridgehead atoms. The van der Waals surface area contributed by atoms with Crippen LogP contribution in [0, 0.1) is 0 Å². The highest BCUT2D eigenvalue weighted by Crippen LogP contribution is 2.18. The molecule has 0 aliphatic heterocycles. The van der Waals surface area contributed by atoms with Gasteiger partial charge in [0.1, 0.15) is 13.2 Å². The van der Waals surface area contributed by atoms with Gasteiger partial charge in [0, 0.05) is 19.3 Å². The molecule has 0 fully saturated rings. The highest BCUT2D eigenvalue weighted by atomic mass is 16.6. The predicted molar refractivity (Wildman–Crippen MR) is 339 cm³/mol. The van der Waals surface area contributed by atoms with Crippen LogP contribution in [0.25, 0.3) is 0 Å². The van der Waals surface area contributed by atoms with Crippen molar-refractivity contribution in [3.63, 3.8) is 0 Å². The molecule has 6 heteroatoms. The molecule has 0 saturated heterocycles. The van der Waals surface area contributed by atoms with Crippen LogP contribution < -0.4 is 0 Å². The van der Waals surface area contributed by atoms with Gasteiger partial charge in [-0.15, -0.1) is 0 Å². The Hall–Kier alpha value is -2.37. The Kier molecular flexibility index (Phi) is 65.1. The van der Waals surface area contributed by atoms with Crippen LogP contribution in [-0.4, -0.2) is 37.2 Å². The number of unbranched alkanes of at least 4 members (excludes halogenated alkanes) is 48. The Bertz CT molecular complexity index is 1300. The molecule has 0 aromatic heterocycles. The summed E-state index contributed by atoms with van der Waals surface area (Å²) in [4.78, 5) is 38.4. The smallest absolute Gasteiger partial charge is 0.306 e. The molecule has 0 radical (unpaired) electrons. The zero-order valence-electron chi connectivity index (χ0n) is 52.7. The normalized spacial score (nSPS) is 12.2. The summed E-state index contributed by atoms with van der Waals surface area (Å²) in [5, 5.41) is 0. The molecule has 0 rings (SSSR count).